The summed E-state index contributed by atoms with van der Waals surface area (Å²) < 4.78 is 0. The highest BCUT2D eigenvalue weighted by Crippen LogP contribution is 2.30. The third kappa shape index (κ3) is 1.30. The van der Waals surface area contributed by atoms with E-state index in [0.717, 1.165) is 39.4 Å². The quantitative estimate of drug-likeness (QED) is 0.626. The lowest BCUT2D eigenvalue weighted by Gasteiger charge is -2.04. The molecule has 1 heterocycles. The molecule has 84 valence electrons. The van der Waals surface area contributed by atoms with Crippen LogP contribution in [-0.2, 0) is 0 Å². The van der Waals surface area contributed by atoms with E-state index in [0.29, 0.717) is 0 Å². The van der Waals surface area contributed by atoms with E-state index in [1.54, 1.807) is 0 Å². The zero-order valence-electron chi connectivity index (χ0n) is 9.87. The molecule has 0 saturated carbocycles. The van der Waals surface area contributed by atoms with Crippen LogP contribution < -0.4 is 0 Å². The van der Waals surface area contributed by atoms with Crippen LogP contribution in [0.1, 0.15) is 21.5 Å². The number of nitrogens with one attached hydrogen (secondary N) is 1. The predicted octanol–water partition coefficient (Wildman–Crippen LogP) is 3.75. The first-order chi connectivity index (χ1) is 8.22. The molecule has 0 amide bonds. The van der Waals surface area contributed by atoms with Crippen LogP contribution in [0.4, 0.5) is 0 Å². The molecule has 1 aromatic heterocycles. The molecule has 2 aromatic carbocycles. The second-order valence-corrected chi connectivity index (χ2v) is 4.43. The molecule has 2 heteroatoms. The average Bonchev–Trinajstić information content (AvgIpc) is 2.72. The predicted molar refractivity (Wildman–Crippen MR) is 70.7 cm³/mol. The van der Waals surface area contributed by atoms with Gasteiger partial charge in [-0.2, -0.15) is 0 Å². The fourth-order valence-corrected chi connectivity index (χ4v) is 2.40. The topological polar surface area (TPSA) is 32.9 Å². The van der Waals surface area contributed by atoms with E-state index in [1.165, 1.54) is 5.39 Å². The van der Waals surface area contributed by atoms with E-state index in [1.807, 2.05) is 25.1 Å². The molecule has 0 unspecified atom stereocenters. The number of aryl methyl sites for hydroxylation is 1. The second kappa shape index (κ2) is 3.45. The molecule has 0 aliphatic heterocycles. The van der Waals surface area contributed by atoms with Crippen molar-refractivity contribution in [1.29, 1.82) is 0 Å². The molecule has 2 nitrogen and oxygen atoms in total. The van der Waals surface area contributed by atoms with Gasteiger partial charge in [-0.25, -0.2) is 0 Å². The van der Waals surface area contributed by atoms with Gasteiger partial charge in [0, 0.05) is 27.4 Å². The largest absolute Gasteiger partial charge is 0.354 e. The molecule has 3 rings (SSSR count). The molecule has 0 radical (unpaired) electrons. The number of carbonyl (C=O) groups is 1. The zero-order valence-corrected chi connectivity index (χ0v) is 9.87. The average molecular weight is 223 g/mol. The Kier molecular flexibility index (Phi) is 2.05. The summed E-state index contributed by atoms with van der Waals surface area (Å²) in [7, 11) is 0. The van der Waals surface area contributed by atoms with Crippen LogP contribution in [-0.4, -0.2) is 11.3 Å². The summed E-state index contributed by atoms with van der Waals surface area (Å²) in [6.45, 7) is 4.05. The molecule has 0 bridgehead atoms. The maximum Gasteiger partial charge on any atom is 0.150 e. The summed E-state index contributed by atoms with van der Waals surface area (Å²) in [4.78, 5) is 14.5. The van der Waals surface area contributed by atoms with Gasteiger partial charge in [-0.1, -0.05) is 18.2 Å². The molecule has 0 spiro atoms. The van der Waals surface area contributed by atoms with Crippen LogP contribution in [0, 0.1) is 13.8 Å². The number of hydrogen-bond donors (Lipinski definition) is 1. The minimum absolute atomic E-state index is 0.778. The Morgan fingerprint density at radius 2 is 1.82 bits per heavy atom. The van der Waals surface area contributed by atoms with Gasteiger partial charge in [0.2, 0.25) is 0 Å². The zero-order chi connectivity index (χ0) is 12.0. The fraction of sp³-hybridized carbons (Fsp3) is 0.133. The van der Waals surface area contributed by atoms with Gasteiger partial charge < -0.3 is 4.98 Å². The SMILES string of the molecule is Cc1c(C=O)cc2c([nH]c3ccccc32)c1C. The molecule has 0 aliphatic carbocycles. The Hall–Kier alpha value is -2.09. The summed E-state index contributed by atoms with van der Waals surface area (Å²) in [5.41, 5.74) is 5.24. The van der Waals surface area contributed by atoms with Gasteiger partial charge >= 0.3 is 0 Å². The van der Waals surface area contributed by atoms with Crippen molar-refractivity contribution in [2.45, 2.75) is 13.8 Å². The smallest absolute Gasteiger partial charge is 0.150 e. The molecule has 17 heavy (non-hydrogen) atoms. The monoisotopic (exact) mass is 223 g/mol. The first-order valence-corrected chi connectivity index (χ1v) is 5.68. The minimum Gasteiger partial charge on any atom is -0.354 e. The van der Waals surface area contributed by atoms with Gasteiger partial charge in [-0.15, -0.1) is 0 Å². The summed E-state index contributed by atoms with van der Waals surface area (Å²) in [5, 5.41) is 2.31. The molecule has 0 aliphatic rings. The molecule has 0 fully saturated rings. The van der Waals surface area contributed by atoms with Gasteiger partial charge in [0.1, 0.15) is 6.29 Å². The maximum atomic E-state index is 11.1. The van der Waals surface area contributed by atoms with Crippen molar-refractivity contribution in [1.82, 2.24) is 4.98 Å². The second-order valence-electron chi connectivity index (χ2n) is 4.43. The van der Waals surface area contributed by atoms with Gasteiger partial charge in [0.15, 0.2) is 0 Å². The van der Waals surface area contributed by atoms with Crippen molar-refractivity contribution in [3.05, 3.63) is 47.0 Å². The van der Waals surface area contributed by atoms with Crippen LogP contribution in [0.3, 0.4) is 0 Å². The number of rotatable bonds is 1. The number of benzene rings is 2. The number of aromatic amines is 1. The number of carbonyl (C=O) groups excluding carboxylic acids is 1. The van der Waals surface area contributed by atoms with E-state index in [-0.39, 0.29) is 0 Å². The Balaban J connectivity index is 2.58. The van der Waals surface area contributed by atoms with Crippen LogP contribution in [0.15, 0.2) is 30.3 Å². The summed E-state index contributed by atoms with van der Waals surface area (Å²) in [6.07, 6.45) is 0.934. The van der Waals surface area contributed by atoms with Crippen molar-refractivity contribution in [2.24, 2.45) is 0 Å². The Labute approximate surface area is 99.3 Å². The number of aromatic nitrogens is 1. The number of H-pyrrole nitrogens is 1. The van der Waals surface area contributed by atoms with E-state index < -0.39 is 0 Å². The number of para-hydroxylation sites is 1. The summed E-state index contributed by atoms with van der Waals surface area (Å²) in [6, 6.07) is 10.2. The minimum atomic E-state index is 0.778. The van der Waals surface area contributed by atoms with Gasteiger partial charge in [-0.05, 0) is 37.1 Å². The molecule has 1 N–H and O–H groups in total. The van der Waals surface area contributed by atoms with Crippen LogP contribution in [0.25, 0.3) is 21.8 Å². The third-order valence-corrected chi connectivity index (χ3v) is 3.54. The number of fused-ring (bicyclic) bond motifs is 3. The fourth-order valence-electron chi connectivity index (χ4n) is 2.40. The Bertz CT molecular complexity index is 737. The summed E-state index contributed by atoms with van der Waals surface area (Å²) >= 11 is 0. The van der Waals surface area contributed by atoms with Crippen molar-refractivity contribution >= 4 is 28.1 Å². The number of hydrogen-bond acceptors (Lipinski definition) is 1. The normalized spacial score (nSPS) is 11.2. The van der Waals surface area contributed by atoms with E-state index >= 15 is 0 Å². The van der Waals surface area contributed by atoms with Crippen LogP contribution in [0.5, 0.6) is 0 Å². The van der Waals surface area contributed by atoms with Crippen molar-refractivity contribution in [2.75, 3.05) is 0 Å². The van der Waals surface area contributed by atoms with Gasteiger partial charge in [0.05, 0.1) is 0 Å². The molecule has 0 atom stereocenters. The van der Waals surface area contributed by atoms with Crippen LogP contribution >= 0.6 is 0 Å². The first-order valence-electron chi connectivity index (χ1n) is 5.68. The van der Waals surface area contributed by atoms with Gasteiger partial charge in [-0.3, -0.25) is 4.79 Å². The van der Waals surface area contributed by atoms with Crippen molar-refractivity contribution in [3.63, 3.8) is 0 Å². The third-order valence-electron chi connectivity index (χ3n) is 3.54. The highest BCUT2D eigenvalue weighted by Gasteiger charge is 2.10. The highest BCUT2D eigenvalue weighted by atomic mass is 16.1. The highest BCUT2D eigenvalue weighted by molar-refractivity contribution is 6.10. The first kappa shape index (κ1) is 10.1. The Morgan fingerprint density at radius 1 is 1.06 bits per heavy atom. The lowest BCUT2D eigenvalue weighted by molar-refractivity contribution is 0.112. The van der Waals surface area contributed by atoms with Crippen molar-refractivity contribution < 1.29 is 4.79 Å². The van der Waals surface area contributed by atoms with E-state index in [9.17, 15) is 4.79 Å². The van der Waals surface area contributed by atoms with Gasteiger partial charge in [0.25, 0.3) is 0 Å². The van der Waals surface area contributed by atoms with E-state index in [4.69, 9.17) is 0 Å². The lowest BCUT2D eigenvalue weighted by atomic mass is 10.00. The number of aldehydes is 1. The van der Waals surface area contributed by atoms with Crippen molar-refractivity contribution in [3.8, 4) is 0 Å². The molecule has 0 saturated heterocycles. The maximum absolute atomic E-state index is 11.1. The standard InChI is InChI=1S/C15H13NO/c1-9-10(2)15-13(7-11(9)8-17)12-5-3-4-6-14(12)16-15/h3-8,16H,1-2H3. The molecular weight excluding hydrogens is 210 g/mol. The van der Waals surface area contributed by atoms with E-state index in [2.05, 4.69) is 24.0 Å². The molecule has 3 aromatic rings. The Morgan fingerprint density at radius 3 is 2.59 bits per heavy atom. The molecular formula is C15H13NO. The van der Waals surface area contributed by atoms with Crippen LogP contribution in [0.2, 0.25) is 0 Å². The summed E-state index contributed by atoms with van der Waals surface area (Å²) in [5.74, 6) is 0. The lowest BCUT2D eigenvalue weighted by Crippen LogP contribution is -1.91.